The molecular weight excluding hydrogens is 364 g/mol. The fraction of sp³-hybridized carbons (Fsp3) is 0.333. The van der Waals surface area contributed by atoms with Crippen molar-refractivity contribution in [1.82, 2.24) is 5.32 Å². The van der Waals surface area contributed by atoms with Gasteiger partial charge in [-0.15, -0.1) is 0 Å². The number of para-hydroxylation sites is 1. The van der Waals surface area contributed by atoms with E-state index in [1.807, 2.05) is 43.3 Å². The quantitative estimate of drug-likeness (QED) is 0.791. The van der Waals surface area contributed by atoms with Gasteiger partial charge in [0.25, 0.3) is 0 Å². The topological polar surface area (TPSA) is 58.6 Å². The van der Waals surface area contributed by atoms with Gasteiger partial charge < -0.3 is 15.0 Å². The Hall–Kier alpha value is -2.37. The Labute approximate surface area is 164 Å². The molecule has 6 heteroatoms. The van der Waals surface area contributed by atoms with Gasteiger partial charge >= 0.3 is 0 Å². The SMILES string of the molecule is CCOCc1ccccc1CNC(=O)C1CC(=O)N(c2ccccc2Cl)C1. The number of carbonyl (C=O) groups excluding carboxylic acids is 2. The van der Waals surface area contributed by atoms with Gasteiger partial charge in [0.2, 0.25) is 11.8 Å². The van der Waals surface area contributed by atoms with Crippen LogP contribution in [0.25, 0.3) is 0 Å². The number of nitrogens with one attached hydrogen (secondary N) is 1. The van der Waals surface area contributed by atoms with E-state index in [0.29, 0.717) is 37.0 Å². The number of hydrogen-bond donors (Lipinski definition) is 1. The smallest absolute Gasteiger partial charge is 0.227 e. The van der Waals surface area contributed by atoms with Crippen LogP contribution in [0.2, 0.25) is 5.02 Å². The lowest BCUT2D eigenvalue weighted by atomic mass is 10.1. The highest BCUT2D eigenvalue weighted by Gasteiger charge is 2.35. The van der Waals surface area contributed by atoms with Gasteiger partial charge in [0.05, 0.1) is 23.2 Å². The lowest BCUT2D eigenvalue weighted by molar-refractivity contribution is -0.126. The highest BCUT2D eigenvalue weighted by molar-refractivity contribution is 6.33. The van der Waals surface area contributed by atoms with E-state index in [9.17, 15) is 9.59 Å². The molecule has 1 saturated heterocycles. The van der Waals surface area contributed by atoms with E-state index in [2.05, 4.69) is 5.32 Å². The van der Waals surface area contributed by atoms with Crippen molar-refractivity contribution < 1.29 is 14.3 Å². The molecule has 0 aromatic heterocycles. The molecule has 0 spiro atoms. The molecule has 0 bridgehead atoms. The maximum absolute atomic E-state index is 12.6. The third kappa shape index (κ3) is 4.67. The summed E-state index contributed by atoms with van der Waals surface area (Å²) in [5.74, 6) is -0.586. The minimum Gasteiger partial charge on any atom is -0.377 e. The fourth-order valence-corrected chi connectivity index (χ4v) is 3.43. The lowest BCUT2D eigenvalue weighted by Gasteiger charge is -2.18. The van der Waals surface area contributed by atoms with Crippen molar-refractivity contribution in [2.45, 2.75) is 26.5 Å². The second-order valence-corrected chi connectivity index (χ2v) is 6.89. The third-order valence-electron chi connectivity index (χ3n) is 4.67. The van der Waals surface area contributed by atoms with Gasteiger partial charge in [0.15, 0.2) is 0 Å². The summed E-state index contributed by atoms with van der Waals surface area (Å²) in [5.41, 5.74) is 2.73. The minimum atomic E-state index is -0.382. The summed E-state index contributed by atoms with van der Waals surface area (Å²) in [7, 11) is 0. The summed E-state index contributed by atoms with van der Waals surface area (Å²) in [6.45, 7) is 3.87. The number of amides is 2. The Bertz CT molecular complexity index is 825. The van der Waals surface area contributed by atoms with Gasteiger partial charge in [0.1, 0.15) is 0 Å². The van der Waals surface area contributed by atoms with Crippen LogP contribution in [0.5, 0.6) is 0 Å². The van der Waals surface area contributed by atoms with Crippen LogP contribution in [0, 0.1) is 5.92 Å². The van der Waals surface area contributed by atoms with E-state index in [0.717, 1.165) is 11.1 Å². The molecule has 1 aliphatic heterocycles. The first-order chi connectivity index (χ1) is 13.1. The summed E-state index contributed by atoms with van der Waals surface area (Å²) in [5, 5.41) is 3.47. The van der Waals surface area contributed by atoms with Crippen LogP contribution in [-0.2, 0) is 27.5 Å². The summed E-state index contributed by atoms with van der Waals surface area (Å²) in [4.78, 5) is 26.5. The van der Waals surface area contributed by atoms with Crippen molar-refractivity contribution in [3.05, 3.63) is 64.7 Å². The number of nitrogens with zero attached hydrogens (tertiary/aromatic N) is 1. The molecule has 1 unspecified atom stereocenters. The number of ether oxygens (including phenoxy) is 1. The molecule has 2 aromatic rings. The van der Waals surface area contributed by atoms with Crippen LogP contribution in [0.1, 0.15) is 24.5 Å². The molecule has 1 fully saturated rings. The number of carbonyl (C=O) groups is 2. The highest BCUT2D eigenvalue weighted by atomic mass is 35.5. The Balaban J connectivity index is 1.61. The van der Waals surface area contributed by atoms with Crippen molar-refractivity contribution >= 4 is 29.1 Å². The maximum atomic E-state index is 12.6. The van der Waals surface area contributed by atoms with Crippen molar-refractivity contribution in [3.63, 3.8) is 0 Å². The molecule has 0 radical (unpaired) electrons. The molecule has 27 heavy (non-hydrogen) atoms. The Morgan fingerprint density at radius 1 is 1.19 bits per heavy atom. The molecule has 2 amide bonds. The Kier molecular flexibility index (Phi) is 6.48. The predicted octanol–water partition coefficient (Wildman–Crippen LogP) is 3.55. The van der Waals surface area contributed by atoms with Crippen LogP contribution < -0.4 is 10.2 Å². The van der Waals surface area contributed by atoms with Gasteiger partial charge in [-0.2, -0.15) is 0 Å². The van der Waals surface area contributed by atoms with E-state index in [-0.39, 0.29) is 24.2 Å². The number of rotatable bonds is 7. The average Bonchev–Trinajstić information content (AvgIpc) is 3.07. The highest BCUT2D eigenvalue weighted by Crippen LogP contribution is 2.31. The Morgan fingerprint density at radius 3 is 2.63 bits per heavy atom. The molecule has 1 N–H and O–H groups in total. The van der Waals surface area contributed by atoms with Crippen molar-refractivity contribution in [3.8, 4) is 0 Å². The fourth-order valence-electron chi connectivity index (χ4n) is 3.20. The monoisotopic (exact) mass is 386 g/mol. The minimum absolute atomic E-state index is 0.0833. The molecule has 1 heterocycles. The largest absolute Gasteiger partial charge is 0.377 e. The molecule has 0 saturated carbocycles. The van der Waals surface area contributed by atoms with E-state index in [4.69, 9.17) is 16.3 Å². The molecule has 5 nitrogen and oxygen atoms in total. The number of hydrogen-bond acceptors (Lipinski definition) is 3. The van der Waals surface area contributed by atoms with Gasteiger partial charge in [-0.1, -0.05) is 48.0 Å². The second-order valence-electron chi connectivity index (χ2n) is 6.48. The Morgan fingerprint density at radius 2 is 1.89 bits per heavy atom. The summed E-state index contributed by atoms with van der Waals surface area (Å²) >= 11 is 6.19. The van der Waals surface area contributed by atoms with Crippen molar-refractivity contribution in [1.29, 1.82) is 0 Å². The standard InChI is InChI=1S/C21H23ClN2O3/c1-2-27-14-16-8-4-3-7-15(16)12-23-21(26)17-11-20(25)24(13-17)19-10-6-5-9-18(19)22/h3-10,17H,2,11-14H2,1H3,(H,23,26). The van der Waals surface area contributed by atoms with E-state index >= 15 is 0 Å². The van der Waals surface area contributed by atoms with Crippen LogP contribution in [0.15, 0.2) is 48.5 Å². The number of anilines is 1. The zero-order valence-electron chi connectivity index (χ0n) is 15.3. The van der Waals surface area contributed by atoms with Gasteiger partial charge in [0, 0.05) is 26.1 Å². The predicted molar refractivity (Wildman–Crippen MR) is 106 cm³/mol. The van der Waals surface area contributed by atoms with Gasteiger partial charge in [-0.3, -0.25) is 9.59 Å². The van der Waals surface area contributed by atoms with Crippen LogP contribution >= 0.6 is 11.6 Å². The normalized spacial score (nSPS) is 16.6. The first-order valence-electron chi connectivity index (χ1n) is 9.07. The van der Waals surface area contributed by atoms with E-state index in [1.165, 1.54) is 0 Å². The summed E-state index contributed by atoms with van der Waals surface area (Å²) in [6, 6.07) is 15.1. The van der Waals surface area contributed by atoms with Crippen LogP contribution in [-0.4, -0.2) is 25.0 Å². The molecule has 1 aliphatic rings. The average molecular weight is 387 g/mol. The third-order valence-corrected chi connectivity index (χ3v) is 4.99. The van der Waals surface area contributed by atoms with Crippen LogP contribution in [0.4, 0.5) is 5.69 Å². The van der Waals surface area contributed by atoms with Crippen molar-refractivity contribution in [2.24, 2.45) is 5.92 Å². The second kappa shape index (κ2) is 9.02. The number of halogens is 1. The first kappa shape index (κ1) is 19.4. The molecule has 1 atom stereocenters. The summed E-state index contributed by atoms with van der Waals surface area (Å²) < 4.78 is 5.48. The van der Waals surface area contributed by atoms with E-state index < -0.39 is 0 Å². The molecule has 142 valence electrons. The van der Waals surface area contributed by atoms with E-state index in [1.54, 1.807) is 17.0 Å². The molecule has 0 aliphatic carbocycles. The first-order valence-corrected chi connectivity index (χ1v) is 9.45. The van der Waals surface area contributed by atoms with Crippen molar-refractivity contribution in [2.75, 3.05) is 18.1 Å². The molecule has 2 aromatic carbocycles. The summed E-state index contributed by atoms with van der Waals surface area (Å²) in [6.07, 6.45) is 0.192. The van der Waals surface area contributed by atoms with Crippen LogP contribution in [0.3, 0.4) is 0 Å². The van der Waals surface area contributed by atoms with Gasteiger partial charge in [-0.25, -0.2) is 0 Å². The zero-order valence-corrected chi connectivity index (χ0v) is 16.0. The number of benzene rings is 2. The maximum Gasteiger partial charge on any atom is 0.227 e. The lowest BCUT2D eigenvalue weighted by Crippen LogP contribution is -2.33. The zero-order chi connectivity index (χ0) is 19.2. The molecule has 3 rings (SSSR count). The molecular formula is C21H23ClN2O3. The van der Waals surface area contributed by atoms with Gasteiger partial charge in [-0.05, 0) is 30.2 Å².